The fourth-order valence-corrected chi connectivity index (χ4v) is 5.02. The second-order valence-electron chi connectivity index (χ2n) is 9.12. The van der Waals surface area contributed by atoms with Crippen molar-refractivity contribution in [2.24, 2.45) is 11.3 Å². The predicted molar refractivity (Wildman–Crippen MR) is 125 cm³/mol. The number of benzene rings is 1. The average molecular weight is 463 g/mol. The molecule has 1 saturated carbocycles. The van der Waals surface area contributed by atoms with E-state index in [1.165, 1.54) is 0 Å². The molecule has 2 aliphatic rings. The number of hydrogen-bond acceptors (Lipinski definition) is 8. The molecule has 1 spiro atoms. The Morgan fingerprint density at radius 2 is 1.82 bits per heavy atom. The molecule has 1 amide bonds. The number of aromatic nitrogens is 3. The fourth-order valence-electron chi connectivity index (χ4n) is 5.02. The van der Waals surface area contributed by atoms with E-state index in [4.69, 9.17) is 9.52 Å². The highest BCUT2D eigenvalue weighted by Gasteiger charge is 2.46. The molecule has 2 aromatic heterocycles. The number of anilines is 4. The second-order valence-corrected chi connectivity index (χ2v) is 9.12. The molecule has 1 aliphatic carbocycles. The van der Waals surface area contributed by atoms with Crippen LogP contribution < -0.4 is 15.5 Å². The zero-order chi connectivity index (χ0) is 23.5. The van der Waals surface area contributed by atoms with Crippen molar-refractivity contribution >= 4 is 35.1 Å². The zero-order valence-corrected chi connectivity index (χ0v) is 18.6. The molecule has 1 saturated heterocycles. The third kappa shape index (κ3) is 4.85. The van der Waals surface area contributed by atoms with E-state index in [1.54, 1.807) is 12.3 Å². The molecule has 1 aliphatic heterocycles. The molecule has 3 N–H and O–H groups in total. The maximum absolute atomic E-state index is 12.5. The summed E-state index contributed by atoms with van der Waals surface area (Å²) in [6.45, 7) is 1.80. The van der Waals surface area contributed by atoms with Crippen LogP contribution in [0, 0.1) is 11.3 Å². The molecule has 0 bridgehead atoms. The molecule has 0 radical (unpaired) electrons. The minimum absolute atomic E-state index is 0.133. The van der Waals surface area contributed by atoms with Gasteiger partial charge in [-0.15, -0.1) is 5.10 Å². The van der Waals surface area contributed by atoms with Gasteiger partial charge in [-0.2, -0.15) is 0 Å². The molecule has 3 heterocycles. The van der Waals surface area contributed by atoms with Gasteiger partial charge >= 0.3 is 23.8 Å². The Bertz CT molecular complexity index is 1150. The van der Waals surface area contributed by atoms with Crippen LogP contribution in [0.1, 0.15) is 42.8 Å². The predicted octanol–water partition coefficient (Wildman–Crippen LogP) is 3.93. The smallest absolute Gasteiger partial charge is 0.320 e. The van der Waals surface area contributed by atoms with E-state index in [9.17, 15) is 9.59 Å². The van der Waals surface area contributed by atoms with Gasteiger partial charge in [-0.1, -0.05) is 23.3 Å². The summed E-state index contributed by atoms with van der Waals surface area (Å²) in [6.07, 6.45) is 6.05. The van der Waals surface area contributed by atoms with Crippen molar-refractivity contribution in [3.05, 3.63) is 54.6 Å². The first kappa shape index (κ1) is 21.9. The van der Waals surface area contributed by atoms with Crippen LogP contribution in [0.3, 0.4) is 0 Å². The van der Waals surface area contributed by atoms with Crippen LogP contribution in [0.25, 0.3) is 0 Å². The third-order valence-electron chi connectivity index (χ3n) is 6.70. The summed E-state index contributed by atoms with van der Waals surface area (Å²) < 4.78 is 5.40. The van der Waals surface area contributed by atoms with E-state index in [2.05, 4.69) is 30.7 Å². The number of carbonyl (C=O) groups is 2. The number of carboxylic acid groups (broad SMARTS) is 1. The van der Waals surface area contributed by atoms with Crippen LogP contribution in [0.2, 0.25) is 0 Å². The van der Waals surface area contributed by atoms with Crippen molar-refractivity contribution in [2.75, 3.05) is 28.6 Å². The van der Waals surface area contributed by atoms with Gasteiger partial charge in [-0.05, 0) is 61.3 Å². The largest absolute Gasteiger partial charge is 0.481 e. The molecule has 0 atom stereocenters. The molecule has 176 valence electrons. The number of piperidine rings is 1. The first-order chi connectivity index (χ1) is 16.5. The van der Waals surface area contributed by atoms with E-state index < -0.39 is 11.9 Å². The van der Waals surface area contributed by atoms with Crippen molar-refractivity contribution < 1.29 is 19.1 Å². The van der Waals surface area contributed by atoms with E-state index in [1.807, 2.05) is 36.4 Å². The van der Waals surface area contributed by atoms with Gasteiger partial charge in [0, 0.05) is 25.2 Å². The van der Waals surface area contributed by atoms with Crippen molar-refractivity contribution in [3.63, 3.8) is 0 Å². The zero-order valence-electron chi connectivity index (χ0n) is 18.6. The third-order valence-corrected chi connectivity index (χ3v) is 6.70. The summed E-state index contributed by atoms with van der Waals surface area (Å²) in [5.41, 5.74) is 1.62. The maximum atomic E-state index is 12.5. The van der Waals surface area contributed by atoms with E-state index in [-0.39, 0.29) is 18.3 Å². The molecule has 10 nitrogen and oxygen atoms in total. The van der Waals surface area contributed by atoms with Gasteiger partial charge in [0.2, 0.25) is 0 Å². The highest BCUT2D eigenvalue weighted by atomic mass is 16.4. The van der Waals surface area contributed by atoms with Crippen LogP contribution in [0.4, 0.5) is 23.2 Å². The normalized spacial score (nSPS) is 17.2. The lowest BCUT2D eigenvalue weighted by Gasteiger charge is -2.52. The summed E-state index contributed by atoms with van der Waals surface area (Å²) in [5.74, 6) is -0.165. The van der Waals surface area contributed by atoms with Crippen molar-refractivity contribution in [2.45, 2.75) is 32.1 Å². The summed E-state index contributed by atoms with van der Waals surface area (Å²) in [7, 11) is 0. The Labute approximate surface area is 196 Å². The van der Waals surface area contributed by atoms with Gasteiger partial charge in [-0.3, -0.25) is 9.59 Å². The minimum atomic E-state index is -0.697. The SMILES string of the molecule is O=C(O)CC1CC2(CCN(c3ccc(NC(=O)c4nnc(Nc5ccccc5)o4)cn3)CC2)C1. The van der Waals surface area contributed by atoms with Crippen LogP contribution in [-0.4, -0.2) is 45.3 Å². The minimum Gasteiger partial charge on any atom is -0.481 e. The Kier molecular flexibility index (Phi) is 5.87. The number of carboxylic acids is 1. The molecule has 3 aromatic rings. The summed E-state index contributed by atoms with van der Waals surface area (Å²) in [4.78, 5) is 30.1. The number of nitrogens with zero attached hydrogens (tertiary/aromatic N) is 4. The number of nitrogens with one attached hydrogen (secondary N) is 2. The Morgan fingerprint density at radius 3 is 2.50 bits per heavy atom. The van der Waals surface area contributed by atoms with E-state index in [0.717, 1.165) is 50.3 Å². The van der Waals surface area contributed by atoms with Gasteiger partial charge in [-0.25, -0.2) is 4.98 Å². The molecule has 5 rings (SSSR count). The van der Waals surface area contributed by atoms with Crippen molar-refractivity contribution in [3.8, 4) is 0 Å². The van der Waals surface area contributed by atoms with Gasteiger partial charge < -0.3 is 25.1 Å². The topological polar surface area (TPSA) is 133 Å². The molecular weight excluding hydrogens is 436 g/mol. The van der Waals surface area contributed by atoms with Gasteiger partial charge in [0.1, 0.15) is 5.82 Å². The molecular formula is C24H26N6O4. The quantitative estimate of drug-likeness (QED) is 0.477. The summed E-state index contributed by atoms with van der Waals surface area (Å²) in [5, 5.41) is 22.3. The Balaban J connectivity index is 1.12. The Morgan fingerprint density at radius 1 is 1.06 bits per heavy atom. The van der Waals surface area contributed by atoms with E-state index in [0.29, 0.717) is 17.0 Å². The number of hydrogen-bond donors (Lipinski definition) is 3. The van der Waals surface area contributed by atoms with Crippen molar-refractivity contribution in [1.82, 2.24) is 15.2 Å². The first-order valence-corrected chi connectivity index (χ1v) is 11.4. The lowest BCUT2D eigenvalue weighted by Crippen LogP contribution is -2.47. The highest BCUT2D eigenvalue weighted by molar-refractivity contribution is 6.00. The number of para-hydroxylation sites is 1. The van der Waals surface area contributed by atoms with Gasteiger partial charge in [0.25, 0.3) is 0 Å². The van der Waals surface area contributed by atoms with Crippen LogP contribution in [-0.2, 0) is 4.79 Å². The number of aliphatic carboxylic acids is 1. The fraction of sp³-hybridized carbons (Fsp3) is 0.375. The lowest BCUT2D eigenvalue weighted by atomic mass is 9.57. The highest BCUT2D eigenvalue weighted by Crippen LogP contribution is 2.53. The number of carbonyl (C=O) groups excluding carboxylic acids is 1. The molecule has 1 aromatic carbocycles. The summed E-state index contributed by atoms with van der Waals surface area (Å²) in [6, 6.07) is 13.2. The average Bonchev–Trinajstić information content (AvgIpc) is 3.28. The van der Waals surface area contributed by atoms with Crippen LogP contribution >= 0.6 is 0 Å². The standard InChI is InChI=1S/C24H26N6O4/c31-20(32)12-16-13-24(14-16)8-10-30(11-9-24)19-7-6-18(15-25-19)26-21(33)22-28-29-23(34-22)27-17-4-2-1-3-5-17/h1-7,15-16H,8-14H2,(H,26,33)(H,27,29)(H,31,32). The number of pyridine rings is 1. The molecule has 2 fully saturated rings. The monoisotopic (exact) mass is 462 g/mol. The second kappa shape index (κ2) is 9.12. The lowest BCUT2D eigenvalue weighted by molar-refractivity contribution is -0.140. The van der Waals surface area contributed by atoms with E-state index >= 15 is 0 Å². The molecule has 10 heteroatoms. The van der Waals surface area contributed by atoms with Crippen molar-refractivity contribution in [1.29, 1.82) is 0 Å². The van der Waals surface area contributed by atoms with Crippen LogP contribution in [0.15, 0.2) is 53.1 Å². The maximum Gasteiger partial charge on any atom is 0.320 e. The van der Waals surface area contributed by atoms with Gasteiger partial charge in [0.15, 0.2) is 0 Å². The Hall–Kier alpha value is -3.95. The number of rotatable bonds is 7. The molecule has 34 heavy (non-hydrogen) atoms. The van der Waals surface area contributed by atoms with Crippen LogP contribution in [0.5, 0.6) is 0 Å². The number of amides is 1. The first-order valence-electron chi connectivity index (χ1n) is 11.4. The van der Waals surface area contributed by atoms with Gasteiger partial charge in [0.05, 0.1) is 11.9 Å². The molecule has 0 unspecified atom stereocenters. The summed E-state index contributed by atoms with van der Waals surface area (Å²) >= 11 is 0.